The number of hydrogen-bond acceptors (Lipinski definition) is 2. The maximum atomic E-state index is 12.1. The molecule has 0 aromatic heterocycles. The highest BCUT2D eigenvalue weighted by molar-refractivity contribution is 9.10. The van der Waals surface area contributed by atoms with Gasteiger partial charge in [0.1, 0.15) is 0 Å². The lowest BCUT2D eigenvalue weighted by Crippen LogP contribution is -2.41. The first-order chi connectivity index (χ1) is 11.3. The molecule has 0 radical (unpaired) electrons. The molecule has 134 valence electrons. The van der Waals surface area contributed by atoms with Gasteiger partial charge in [0.05, 0.1) is 13.0 Å². The minimum atomic E-state index is -4.22. The number of alkyl halides is 3. The summed E-state index contributed by atoms with van der Waals surface area (Å²) in [4.78, 5) is 15.8. The highest BCUT2D eigenvalue weighted by Gasteiger charge is 2.26. The lowest BCUT2D eigenvalue weighted by atomic mass is 10.2. The van der Waals surface area contributed by atoms with Gasteiger partial charge in [-0.25, -0.2) is 0 Å². The molecule has 3 N–H and O–H groups in total. The second-order valence-corrected chi connectivity index (χ2v) is 5.73. The SMILES string of the molecule is CCNC(=NCCC(F)(F)F)NCCNC(=O)c1cccc(Br)c1. The number of benzene rings is 1. The van der Waals surface area contributed by atoms with Gasteiger partial charge in [0.2, 0.25) is 0 Å². The summed E-state index contributed by atoms with van der Waals surface area (Å²) in [7, 11) is 0. The monoisotopic (exact) mass is 408 g/mol. The van der Waals surface area contributed by atoms with Gasteiger partial charge in [-0.1, -0.05) is 22.0 Å². The van der Waals surface area contributed by atoms with Crippen LogP contribution in [0.4, 0.5) is 13.2 Å². The molecule has 0 spiro atoms. The zero-order valence-corrected chi connectivity index (χ0v) is 14.8. The van der Waals surface area contributed by atoms with Crippen LogP contribution in [0.3, 0.4) is 0 Å². The van der Waals surface area contributed by atoms with Crippen LogP contribution in [0.2, 0.25) is 0 Å². The number of carbonyl (C=O) groups excluding carboxylic acids is 1. The molecule has 1 aromatic carbocycles. The van der Waals surface area contributed by atoms with Gasteiger partial charge in [-0.2, -0.15) is 13.2 Å². The number of hydrogen-bond donors (Lipinski definition) is 3. The summed E-state index contributed by atoms with van der Waals surface area (Å²) in [5, 5.41) is 8.44. The summed E-state index contributed by atoms with van der Waals surface area (Å²) in [5.41, 5.74) is 0.523. The molecule has 0 aliphatic carbocycles. The van der Waals surface area contributed by atoms with Gasteiger partial charge in [-0.3, -0.25) is 9.79 Å². The Morgan fingerprint density at radius 2 is 1.92 bits per heavy atom. The Bertz CT molecular complexity index is 564. The number of aliphatic imine (C=N–C) groups is 1. The number of amides is 1. The van der Waals surface area contributed by atoms with Gasteiger partial charge < -0.3 is 16.0 Å². The molecule has 9 heteroatoms. The third-order valence-corrected chi connectivity index (χ3v) is 3.29. The molecule has 1 aromatic rings. The molecule has 1 rings (SSSR count). The maximum absolute atomic E-state index is 12.1. The summed E-state index contributed by atoms with van der Waals surface area (Å²) in [6, 6.07) is 6.97. The molecule has 0 bridgehead atoms. The fraction of sp³-hybridized carbons (Fsp3) is 0.467. The van der Waals surface area contributed by atoms with E-state index in [9.17, 15) is 18.0 Å². The second-order valence-electron chi connectivity index (χ2n) is 4.82. The predicted molar refractivity (Wildman–Crippen MR) is 91.1 cm³/mol. The lowest BCUT2D eigenvalue weighted by molar-refractivity contribution is -0.132. The summed E-state index contributed by atoms with van der Waals surface area (Å²) in [5.74, 6) is 0.0653. The summed E-state index contributed by atoms with van der Waals surface area (Å²) in [6.07, 6.45) is -5.19. The highest BCUT2D eigenvalue weighted by atomic mass is 79.9. The molecule has 0 heterocycles. The van der Waals surface area contributed by atoms with Gasteiger partial charge in [0, 0.05) is 29.7 Å². The molecular formula is C15H20BrF3N4O. The quantitative estimate of drug-likeness (QED) is 0.369. The Hall–Kier alpha value is -1.77. The van der Waals surface area contributed by atoms with E-state index in [1.807, 2.05) is 13.0 Å². The molecule has 5 nitrogen and oxygen atoms in total. The van der Waals surface area contributed by atoms with Crippen LogP contribution >= 0.6 is 15.9 Å². The van der Waals surface area contributed by atoms with Crippen molar-refractivity contribution in [2.45, 2.75) is 19.5 Å². The van der Waals surface area contributed by atoms with E-state index in [-0.39, 0.29) is 12.5 Å². The molecule has 0 fully saturated rings. The van der Waals surface area contributed by atoms with Crippen molar-refractivity contribution in [1.82, 2.24) is 16.0 Å². The van der Waals surface area contributed by atoms with Crippen LogP contribution in [0.1, 0.15) is 23.7 Å². The van der Waals surface area contributed by atoms with Crippen molar-refractivity contribution in [2.24, 2.45) is 4.99 Å². The standard InChI is InChI=1S/C15H20BrF3N4O/c1-2-20-14(22-7-6-15(17,18)19)23-9-8-21-13(24)11-4-3-5-12(16)10-11/h3-5,10H,2,6-9H2,1H3,(H,21,24)(H2,20,22,23). The van der Waals surface area contributed by atoms with Crippen molar-refractivity contribution in [2.75, 3.05) is 26.2 Å². The van der Waals surface area contributed by atoms with Crippen LogP contribution in [0, 0.1) is 0 Å². The van der Waals surface area contributed by atoms with E-state index in [4.69, 9.17) is 0 Å². The highest BCUT2D eigenvalue weighted by Crippen LogP contribution is 2.18. The van der Waals surface area contributed by atoms with Crippen molar-refractivity contribution in [3.8, 4) is 0 Å². The van der Waals surface area contributed by atoms with E-state index in [1.54, 1.807) is 18.2 Å². The number of rotatable bonds is 7. The van der Waals surface area contributed by atoms with E-state index < -0.39 is 12.6 Å². The Morgan fingerprint density at radius 3 is 2.54 bits per heavy atom. The summed E-state index contributed by atoms with van der Waals surface area (Å²) in [6.45, 7) is 2.66. The van der Waals surface area contributed by atoms with Gasteiger partial charge in [-0.15, -0.1) is 0 Å². The average molecular weight is 409 g/mol. The van der Waals surface area contributed by atoms with E-state index in [0.29, 0.717) is 31.2 Å². The van der Waals surface area contributed by atoms with Gasteiger partial charge in [0.15, 0.2) is 5.96 Å². The maximum Gasteiger partial charge on any atom is 0.390 e. The van der Waals surface area contributed by atoms with Crippen molar-refractivity contribution >= 4 is 27.8 Å². The molecular weight excluding hydrogens is 389 g/mol. The summed E-state index contributed by atoms with van der Waals surface area (Å²) < 4.78 is 37.2. The topological polar surface area (TPSA) is 65.5 Å². The van der Waals surface area contributed by atoms with E-state index in [2.05, 4.69) is 36.9 Å². The van der Waals surface area contributed by atoms with Crippen LogP contribution in [-0.2, 0) is 0 Å². The smallest absolute Gasteiger partial charge is 0.357 e. The number of halogens is 4. The van der Waals surface area contributed by atoms with Crippen LogP contribution in [0.5, 0.6) is 0 Å². The molecule has 24 heavy (non-hydrogen) atoms. The van der Waals surface area contributed by atoms with Crippen molar-refractivity contribution in [3.63, 3.8) is 0 Å². The van der Waals surface area contributed by atoms with Crippen molar-refractivity contribution in [3.05, 3.63) is 34.3 Å². The Labute approximate surface area is 147 Å². The largest absolute Gasteiger partial charge is 0.390 e. The zero-order chi connectivity index (χ0) is 18.0. The van der Waals surface area contributed by atoms with E-state index in [1.165, 1.54) is 0 Å². The zero-order valence-electron chi connectivity index (χ0n) is 13.2. The number of carbonyl (C=O) groups is 1. The third-order valence-electron chi connectivity index (χ3n) is 2.80. The van der Waals surface area contributed by atoms with Crippen LogP contribution in [0.15, 0.2) is 33.7 Å². The third kappa shape index (κ3) is 8.76. The van der Waals surface area contributed by atoms with E-state index >= 15 is 0 Å². The van der Waals surface area contributed by atoms with Crippen LogP contribution in [-0.4, -0.2) is 44.2 Å². The van der Waals surface area contributed by atoms with Crippen LogP contribution in [0.25, 0.3) is 0 Å². The Kier molecular flexibility index (Phi) is 8.59. The van der Waals surface area contributed by atoms with Crippen molar-refractivity contribution in [1.29, 1.82) is 0 Å². The normalized spacial score (nSPS) is 12.0. The molecule has 1 amide bonds. The molecule has 0 atom stereocenters. The predicted octanol–water partition coefficient (Wildman–Crippen LogP) is 2.69. The Morgan fingerprint density at radius 1 is 1.21 bits per heavy atom. The van der Waals surface area contributed by atoms with Crippen molar-refractivity contribution < 1.29 is 18.0 Å². The second kappa shape index (κ2) is 10.2. The molecule has 0 aliphatic rings. The van der Waals surface area contributed by atoms with Gasteiger partial charge >= 0.3 is 6.18 Å². The number of guanidine groups is 1. The van der Waals surface area contributed by atoms with Gasteiger partial charge in [-0.05, 0) is 25.1 Å². The first-order valence-electron chi connectivity index (χ1n) is 7.44. The molecule has 0 saturated heterocycles. The fourth-order valence-electron chi connectivity index (χ4n) is 1.72. The number of nitrogens with zero attached hydrogens (tertiary/aromatic N) is 1. The summed E-state index contributed by atoms with van der Waals surface area (Å²) >= 11 is 3.29. The minimum Gasteiger partial charge on any atom is -0.357 e. The van der Waals surface area contributed by atoms with E-state index in [0.717, 1.165) is 4.47 Å². The minimum absolute atomic E-state index is 0.225. The fourth-order valence-corrected chi connectivity index (χ4v) is 2.12. The first-order valence-corrected chi connectivity index (χ1v) is 8.24. The Balaban J connectivity index is 2.37. The first kappa shape index (κ1) is 20.3. The number of nitrogens with one attached hydrogen (secondary N) is 3. The molecule has 0 saturated carbocycles. The molecule has 0 unspecified atom stereocenters. The lowest BCUT2D eigenvalue weighted by Gasteiger charge is -2.12. The van der Waals surface area contributed by atoms with Crippen LogP contribution < -0.4 is 16.0 Å². The average Bonchev–Trinajstić information content (AvgIpc) is 2.50. The molecule has 0 aliphatic heterocycles. The van der Waals surface area contributed by atoms with Gasteiger partial charge in [0.25, 0.3) is 5.91 Å².